The van der Waals surface area contributed by atoms with Crippen LogP contribution in [0.4, 0.5) is 5.82 Å². The Bertz CT molecular complexity index is 916. The predicted molar refractivity (Wildman–Crippen MR) is 95.3 cm³/mol. The van der Waals surface area contributed by atoms with E-state index in [0.717, 1.165) is 18.1 Å². The summed E-state index contributed by atoms with van der Waals surface area (Å²) < 4.78 is 3.64. The van der Waals surface area contributed by atoms with Crippen LogP contribution >= 0.6 is 0 Å². The summed E-state index contributed by atoms with van der Waals surface area (Å²) in [5.74, 6) is 2.14. The normalized spacial score (nSPS) is 20.7. The molecule has 0 bridgehead atoms. The number of rotatable bonds is 5. The summed E-state index contributed by atoms with van der Waals surface area (Å²) in [4.78, 5) is 18.9. The Hall–Kier alpha value is -2.97. The van der Waals surface area contributed by atoms with Crippen LogP contribution in [0.2, 0.25) is 0 Å². The van der Waals surface area contributed by atoms with Gasteiger partial charge in [-0.15, -0.1) is 15.3 Å². The van der Waals surface area contributed by atoms with E-state index in [4.69, 9.17) is 0 Å². The quantitative estimate of drug-likeness (QED) is 0.742. The molecule has 1 N–H and O–H groups in total. The minimum Gasteiger partial charge on any atom is -0.368 e. The van der Waals surface area contributed by atoms with Gasteiger partial charge in [0.1, 0.15) is 18.0 Å². The van der Waals surface area contributed by atoms with Gasteiger partial charge in [-0.1, -0.05) is 0 Å². The van der Waals surface area contributed by atoms with Crippen LogP contribution in [0.25, 0.3) is 5.65 Å². The lowest BCUT2D eigenvalue weighted by molar-refractivity contribution is -0.138. The van der Waals surface area contributed by atoms with Gasteiger partial charge in [-0.05, 0) is 25.5 Å². The Kier molecular flexibility index (Phi) is 4.27. The third-order valence-corrected chi connectivity index (χ3v) is 5.00. The van der Waals surface area contributed by atoms with Gasteiger partial charge >= 0.3 is 0 Å². The topological polar surface area (TPSA) is 93.2 Å². The molecule has 0 spiro atoms. The van der Waals surface area contributed by atoms with Crippen molar-refractivity contribution in [2.75, 3.05) is 18.4 Å². The van der Waals surface area contributed by atoms with Crippen LogP contribution in [0.1, 0.15) is 31.6 Å². The number of carbonyl (C=O) groups is 1. The number of amides is 1. The summed E-state index contributed by atoms with van der Waals surface area (Å²) in [5, 5.41) is 15.7. The fourth-order valence-corrected chi connectivity index (χ4v) is 3.68. The molecule has 0 unspecified atom stereocenters. The summed E-state index contributed by atoms with van der Waals surface area (Å²) in [6.07, 6.45) is 6.69. The molecule has 1 fully saturated rings. The minimum atomic E-state index is -0.0348. The van der Waals surface area contributed by atoms with Crippen molar-refractivity contribution in [3.8, 4) is 0 Å². The van der Waals surface area contributed by atoms with E-state index in [2.05, 4.69) is 25.6 Å². The van der Waals surface area contributed by atoms with E-state index < -0.39 is 0 Å². The molecule has 1 amide bonds. The van der Waals surface area contributed by atoms with Crippen LogP contribution in [0.5, 0.6) is 0 Å². The monoisotopic (exact) mass is 354 g/mol. The van der Waals surface area contributed by atoms with Gasteiger partial charge in [-0.2, -0.15) is 4.52 Å². The number of imidazole rings is 1. The molecule has 0 aliphatic carbocycles. The Morgan fingerprint density at radius 1 is 1.35 bits per heavy atom. The van der Waals surface area contributed by atoms with Gasteiger partial charge in [0.15, 0.2) is 5.65 Å². The fourth-order valence-electron chi connectivity index (χ4n) is 3.68. The molecule has 9 heteroatoms. The highest BCUT2D eigenvalue weighted by Gasteiger charge is 2.38. The number of piperidine rings is 1. The smallest absolute Gasteiger partial charge is 0.223 e. The van der Waals surface area contributed by atoms with E-state index in [9.17, 15) is 4.79 Å². The summed E-state index contributed by atoms with van der Waals surface area (Å²) in [5.41, 5.74) is 0.710. The predicted octanol–water partition coefficient (Wildman–Crippen LogP) is 1.27. The maximum atomic E-state index is 12.4. The second-order valence-electron chi connectivity index (χ2n) is 6.55. The SMILES string of the molecule is CCN1C(=O)CC[C@H](CNc2ccc3nncn3n2)[C@H]1c1nccn1C. The van der Waals surface area contributed by atoms with Crippen LogP contribution < -0.4 is 5.32 Å². The number of carbonyl (C=O) groups excluding carboxylic acids is 1. The summed E-state index contributed by atoms with van der Waals surface area (Å²) >= 11 is 0. The fraction of sp³-hybridized carbons (Fsp3) is 0.471. The maximum absolute atomic E-state index is 12.4. The second-order valence-corrected chi connectivity index (χ2v) is 6.55. The lowest BCUT2D eigenvalue weighted by atomic mass is 9.87. The first-order valence-corrected chi connectivity index (χ1v) is 8.85. The van der Waals surface area contributed by atoms with Gasteiger partial charge in [-0.25, -0.2) is 4.98 Å². The van der Waals surface area contributed by atoms with Crippen LogP contribution in [0.15, 0.2) is 30.9 Å². The van der Waals surface area contributed by atoms with Gasteiger partial charge in [0.2, 0.25) is 5.91 Å². The van der Waals surface area contributed by atoms with Crippen molar-refractivity contribution < 1.29 is 4.79 Å². The molecule has 0 aromatic carbocycles. The first-order valence-electron chi connectivity index (χ1n) is 8.85. The number of aryl methyl sites for hydroxylation is 1. The molecule has 1 aliphatic rings. The van der Waals surface area contributed by atoms with Crippen LogP contribution in [-0.4, -0.2) is 53.3 Å². The number of anilines is 1. The molecular formula is C17H22N8O. The lowest BCUT2D eigenvalue weighted by Gasteiger charge is -2.40. The average Bonchev–Trinajstić information content (AvgIpc) is 3.28. The van der Waals surface area contributed by atoms with Crippen molar-refractivity contribution in [1.29, 1.82) is 0 Å². The van der Waals surface area contributed by atoms with Crippen molar-refractivity contribution in [3.63, 3.8) is 0 Å². The zero-order valence-corrected chi connectivity index (χ0v) is 14.9. The van der Waals surface area contributed by atoms with E-state index in [-0.39, 0.29) is 17.9 Å². The summed E-state index contributed by atoms with van der Waals surface area (Å²) in [7, 11) is 1.97. The molecule has 9 nitrogen and oxygen atoms in total. The van der Waals surface area contributed by atoms with Crippen molar-refractivity contribution in [2.45, 2.75) is 25.8 Å². The highest BCUT2D eigenvalue weighted by atomic mass is 16.2. The summed E-state index contributed by atoms with van der Waals surface area (Å²) in [6.45, 7) is 3.41. The van der Waals surface area contributed by atoms with E-state index in [1.54, 1.807) is 17.0 Å². The zero-order valence-electron chi connectivity index (χ0n) is 14.9. The lowest BCUT2D eigenvalue weighted by Crippen LogP contribution is -2.45. The first-order chi connectivity index (χ1) is 12.7. The third kappa shape index (κ3) is 2.89. The first kappa shape index (κ1) is 16.5. The molecule has 4 heterocycles. The van der Waals surface area contributed by atoms with Crippen molar-refractivity contribution in [1.82, 2.24) is 34.3 Å². The molecule has 26 heavy (non-hydrogen) atoms. The van der Waals surface area contributed by atoms with E-state index in [0.29, 0.717) is 25.2 Å². The number of hydrogen-bond acceptors (Lipinski definition) is 6. The number of fused-ring (bicyclic) bond motifs is 1. The molecule has 136 valence electrons. The standard InChI is InChI=1S/C17H22N8O/c1-3-24-15(26)7-4-12(16(24)17-18-8-9-23(17)2)10-19-13-5-6-14-21-20-11-25(14)22-13/h5-6,8-9,11-12,16H,3-4,7,10H2,1-2H3,(H,19,22)/t12-,16+/m1/s1. The van der Waals surface area contributed by atoms with Crippen LogP contribution in [-0.2, 0) is 11.8 Å². The molecule has 3 aromatic heterocycles. The third-order valence-electron chi connectivity index (χ3n) is 5.00. The minimum absolute atomic E-state index is 0.0348. The maximum Gasteiger partial charge on any atom is 0.223 e. The Morgan fingerprint density at radius 3 is 3.00 bits per heavy atom. The van der Waals surface area contributed by atoms with Crippen LogP contribution in [0.3, 0.4) is 0 Å². The Morgan fingerprint density at radius 2 is 2.23 bits per heavy atom. The average molecular weight is 354 g/mol. The number of nitrogens with zero attached hydrogens (tertiary/aromatic N) is 7. The molecular weight excluding hydrogens is 332 g/mol. The summed E-state index contributed by atoms with van der Waals surface area (Å²) in [6, 6.07) is 3.74. The highest BCUT2D eigenvalue weighted by Crippen LogP contribution is 2.35. The van der Waals surface area contributed by atoms with Crippen LogP contribution in [0, 0.1) is 5.92 Å². The van der Waals surface area contributed by atoms with Gasteiger partial charge < -0.3 is 14.8 Å². The number of likely N-dealkylation sites (tertiary alicyclic amines) is 1. The van der Waals surface area contributed by atoms with Gasteiger partial charge in [0.25, 0.3) is 0 Å². The van der Waals surface area contributed by atoms with E-state index in [1.165, 1.54) is 0 Å². The largest absolute Gasteiger partial charge is 0.368 e. The van der Waals surface area contributed by atoms with E-state index >= 15 is 0 Å². The molecule has 1 saturated heterocycles. The molecule has 4 rings (SSSR count). The molecule has 2 atom stereocenters. The second kappa shape index (κ2) is 6.74. The van der Waals surface area contributed by atoms with Gasteiger partial charge in [0.05, 0.1) is 6.04 Å². The molecule has 1 aliphatic heterocycles. The van der Waals surface area contributed by atoms with Gasteiger partial charge in [0, 0.05) is 44.9 Å². The molecule has 3 aromatic rings. The Labute approximate surface area is 151 Å². The number of nitrogens with one attached hydrogen (secondary N) is 1. The highest BCUT2D eigenvalue weighted by molar-refractivity contribution is 5.77. The number of aromatic nitrogens is 6. The molecule has 0 radical (unpaired) electrons. The van der Waals surface area contributed by atoms with Crippen molar-refractivity contribution in [2.24, 2.45) is 13.0 Å². The Balaban J connectivity index is 1.56. The van der Waals surface area contributed by atoms with Gasteiger partial charge in [-0.3, -0.25) is 4.79 Å². The number of hydrogen-bond donors (Lipinski definition) is 1. The van der Waals surface area contributed by atoms with Crippen molar-refractivity contribution >= 4 is 17.4 Å². The zero-order chi connectivity index (χ0) is 18.1. The van der Waals surface area contributed by atoms with E-state index in [1.807, 2.05) is 41.8 Å². The molecule has 0 saturated carbocycles. The van der Waals surface area contributed by atoms with Crippen molar-refractivity contribution in [3.05, 3.63) is 36.7 Å².